The summed E-state index contributed by atoms with van der Waals surface area (Å²) >= 11 is 0. The van der Waals surface area contributed by atoms with E-state index in [0.29, 0.717) is 25.4 Å². The third kappa shape index (κ3) is 5.43. The van der Waals surface area contributed by atoms with Crippen LogP contribution in [0.5, 0.6) is 5.75 Å². The van der Waals surface area contributed by atoms with E-state index >= 15 is 0 Å². The number of rotatable bonds is 8. The number of likely N-dealkylation sites (N-methyl/N-ethyl adjacent to an activating group) is 2. The number of amides is 1. The minimum absolute atomic E-state index is 0.0304. The lowest BCUT2D eigenvalue weighted by atomic mass is 10.2. The smallest absolute Gasteiger partial charge is 0.339 e. The molecule has 116 valence electrons. The zero-order valence-electron chi connectivity index (χ0n) is 12.7. The Hall–Kier alpha value is -2.08. The lowest BCUT2D eigenvalue weighted by Gasteiger charge is -2.22. The van der Waals surface area contributed by atoms with E-state index in [0.717, 1.165) is 6.54 Å². The van der Waals surface area contributed by atoms with E-state index in [2.05, 4.69) is 0 Å². The Morgan fingerprint density at radius 2 is 1.90 bits per heavy atom. The molecule has 0 heterocycles. The van der Waals surface area contributed by atoms with Crippen LogP contribution >= 0.6 is 0 Å². The van der Waals surface area contributed by atoms with Gasteiger partial charge in [0.2, 0.25) is 5.91 Å². The molecule has 0 aliphatic rings. The molecule has 0 unspecified atom stereocenters. The average Bonchev–Trinajstić information content (AvgIpc) is 2.46. The molecule has 0 saturated heterocycles. The first-order valence-electron chi connectivity index (χ1n) is 6.83. The summed E-state index contributed by atoms with van der Waals surface area (Å²) in [5.41, 5.74) is 0.143. The minimum atomic E-state index is -1.01. The van der Waals surface area contributed by atoms with E-state index in [1.165, 1.54) is 6.07 Å². The fourth-order valence-electron chi connectivity index (χ4n) is 1.74. The van der Waals surface area contributed by atoms with E-state index in [1.54, 1.807) is 37.2 Å². The van der Waals surface area contributed by atoms with Crippen molar-refractivity contribution in [2.45, 2.75) is 6.92 Å². The zero-order valence-corrected chi connectivity index (χ0v) is 12.7. The van der Waals surface area contributed by atoms with Gasteiger partial charge in [0, 0.05) is 20.6 Å². The molecule has 6 nitrogen and oxygen atoms in total. The molecular weight excluding hydrogens is 272 g/mol. The molecular formula is C15H22N2O4. The number of nitrogens with zero attached hydrogens (tertiary/aromatic N) is 2. The van der Waals surface area contributed by atoms with Crippen molar-refractivity contribution in [3.8, 4) is 5.75 Å². The molecule has 21 heavy (non-hydrogen) atoms. The van der Waals surface area contributed by atoms with Gasteiger partial charge in [-0.05, 0) is 18.7 Å². The maximum atomic E-state index is 11.7. The van der Waals surface area contributed by atoms with Crippen LogP contribution in [0, 0.1) is 0 Å². The highest BCUT2D eigenvalue weighted by atomic mass is 16.5. The molecule has 0 bridgehead atoms. The van der Waals surface area contributed by atoms with Gasteiger partial charge in [-0.1, -0.05) is 19.1 Å². The second-order valence-electron chi connectivity index (χ2n) is 4.81. The Labute approximate surface area is 124 Å². The molecule has 0 atom stereocenters. The number of para-hydroxylation sites is 1. The van der Waals surface area contributed by atoms with Crippen LogP contribution in [-0.4, -0.2) is 67.1 Å². The van der Waals surface area contributed by atoms with Crippen molar-refractivity contribution < 1.29 is 19.4 Å². The fourth-order valence-corrected chi connectivity index (χ4v) is 1.74. The van der Waals surface area contributed by atoms with Gasteiger partial charge in [-0.25, -0.2) is 4.79 Å². The zero-order chi connectivity index (χ0) is 15.8. The number of carboxylic acid groups (broad SMARTS) is 1. The monoisotopic (exact) mass is 294 g/mol. The normalized spacial score (nSPS) is 10.5. The summed E-state index contributed by atoms with van der Waals surface area (Å²) in [4.78, 5) is 26.2. The summed E-state index contributed by atoms with van der Waals surface area (Å²) in [6.45, 7) is 3.91. The van der Waals surface area contributed by atoms with Gasteiger partial charge in [0.05, 0.1) is 6.54 Å². The van der Waals surface area contributed by atoms with E-state index < -0.39 is 5.97 Å². The maximum absolute atomic E-state index is 11.7. The van der Waals surface area contributed by atoms with Crippen molar-refractivity contribution in [3.05, 3.63) is 29.8 Å². The lowest BCUT2D eigenvalue weighted by Crippen LogP contribution is -2.38. The number of carbonyl (C=O) groups excluding carboxylic acids is 1. The van der Waals surface area contributed by atoms with Crippen LogP contribution in [0.25, 0.3) is 0 Å². The third-order valence-corrected chi connectivity index (χ3v) is 3.09. The molecule has 1 aromatic carbocycles. The number of carboxylic acids is 1. The van der Waals surface area contributed by atoms with Gasteiger partial charge in [-0.15, -0.1) is 0 Å². The molecule has 1 N–H and O–H groups in total. The highest BCUT2D eigenvalue weighted by Gasteiger charge is 2.13. The van der Waals surface area contributed by atoms with Crippen molar-refractivity contribution in [3.63, 3.8) is 0 Å². The Kier molecular flexibility index (Phi) is 6.68. The highest BCUT2D eigenvalue weighted by molar-refractivity contribution is 5.90. The Balaban J connectivity index is 2.52. The maximum Gasteiger partial charge on any atom is 0.339 e. The van der Waals surface area contributed by atoms with Crippen molar-refractivity contribution in [1.82, 2.24) is 9.80 Å². The van der Waals surface area contributed by atoms with Gasteiger partial charge in [-0.2, -0.15) is 0 Å². The van der Waals surface area contributed by atoms with Crippen LogP contribution in [0.15, 0.2) is 24.3 Å². The number of hydrogen-bond donors (Lipinski definition) is 1. The molecule has 1 aromatic rings. The highest BCUT2D eigenvalue weighted by Crippen LogP contribution is 2.17. The van der Waals surface area contributed by atoms with Crippen molar-refractivity contribution in [1.29, 1.82) is 0 Å². The topological polar surface area (TPSA) is 70.1 Å². The number of carbonyl (C=O) groups is 2. The average molecular weight is 294 g/mol. The van der Waals surface area contributed by atoms with Crippen LogP contribution in [0.2, 0.25) is 0 Å². The van der Waals surface area contributed by atoms with Crippen LogP contribution in [-0.2, 0) is 4.79 Å². The number of hydrogen-bond acceptors (Lipinski definition) is 4. The molecule has 0 spiro atoms. The first-order valence-corrected chi connectivity index (χ1v) is 6.83. The van der Waals surface area contributed by atoms with E-state index in [-0.39, 0.29) is 11.5 Å². The van der Waals surface area contributed by atoms with Crippen molar-refractivity contribution >= 4 is 11.9 Å². The minimum Gasteiger partial charge on any atom is -0.491 e. The summed E-state index contributed by atoms with van der Waals surface area (Å²) in [6, 6.07) is 6.52. The largest absolute Gasteiger partial charge is 0.491 e. The van der Waals surface area contributed by atoms with Gasteiger partial charge in [0.1, 0.15) is 17.9 Å². The van der Waals surface area contributed by atoms with Crippen LogP contribution < -0.4 is 4.74 Å². The van der Waals surface area contributed by atoms with Gasteiger partial charge < -0.3 is 14.7 Å². The molecule has 1 rings (SSSR count). The number of ether oxygens (including phenoxy) is 1. The van der Waals surface area contributed by atoms with Crippen molar-refractivity contribution in [2.75, 3.05) is 40.3 Å². The molecule has 1 amide bonds. The van der Waals surface area contributed by atoms with Gasteiger partial charge in [0.25, 0.3) is 0 Å². The fraction of sp³-hybridized carbons (Fsp3) is 0.467. The predicted octanol–water partition coefficient (Wildman–Crippen LogP) is 1.17. The molecule has 0 fully saturated rings. The van der Waals surface area contributed by atoms with E-state index in [9.17, 15) is 9.59 Å². The van der Waals surface area contributed by atoms with Crippen LogP contribution in [0.3, 0.4) is 0 Å². The molecule has 0 aliphatic heterocycles. The van der Waals surface area contributed by atoms with Gasteiger partial charge in [0.15, 0.2) is 0 Å². The van der Waals surface area contributed by atoms with Gasteiger partial charge in [-0.3, -0.25) is 9.69 Å². The Morgan fingerprint density at radius 3 is 2.48 bits per heavy atom. The van der Waals surface area contributed by atoms with E-state index in [4.69, 9.17) is 9.84 Å². The summed E-state index contributed by atoms with van der Waals surface area (Å²) in [5, 5.41) is 9.06. The summed E-state index contributed by atoms with van der Waals surface area (Å²) < 4.78 is 5.53. The molecule has 0 radical (unpaired) electrons. The number of aromatic carboxylic acids is 1. The second-order valence-corrected chi connectivity index (χ2v) is 4.81. The molecule has 6 heteroatoms. The molecule has 0 saturated carbocycles. The Bertz CT molecular complexity index is 488. The lowest BCUT2D eigenvalue weighted by molar-refractivity contribution is -0.129. The molecule has 0 aliphatic carbocycles. The Morgan fingerprint density at radius 1 is 1.24 bits per heavy atom. The van der Waals surface area contributed by atoms with Gasteiger partial charge >= 0.3 is 5.97 Å². The predicted molar refractivity (Wildman–Crippen MR) is 79.7 cm³/mol. The third-order valence-electron chi connectivity index (χ3n) is 3.09. The first-order chi connectivity index (χ1) is 9.95. The molecule has 0 aromatic heterocycles. The summed E-state index contributed by atoms with van der Waals surface area (Å²) in [5.74, 6) is -0.636. The number of benzene rings is 1. The quantitative estimate of drug-likeness (QED) is 0.779. The van der Waals surface area contributed by atoms with E-state index in [1.807, 2.05) is 11.8 Å². The van der Waals surface area contributed by atoms with Crippen LogP contribution in [0.4, 0.5) is 0 Å². The van der Waals surface area contributed by atoms with Crippen LogP contribution in [0.1, 0.15) is 17.3 Å². The summed E-state index contributed by atoms with van der Waals surface area (Å²) in [7, 11) is 3.44. The standard InChI is InChI=1S/C15H22N2O4/c1-4-17(11-14(18)16(2)3)9-10-21-13-8-6-5-7-12(13)15(19)20/h5-8H,4,9-11H2,1-3H3,(H,19,20). The first kappa shape index (κ1) is 17.0. The second kappa shape index (κ2) is 8.26. The summed E-state index contributed by atoms with van der Waals surface area (Å²) in [6.07, 6.45) is 0. The van der Waals surface area contributed by atoms with Crippen molar-refractivity contribution in [2.24, 2.45) is 0 Å². The SMILES string of the molecule is CCN(CCOc1ccccc1C(=O)O)CC(=O)N(C)C.